The Morgan fingerprint density at radius 3 is 2.84 bits per heavy atom. The van der Waals surface area contributed by atoms with E-state index in [1.54, 1.807) is 18.4 Å². The van der Waals surface area contributed by atoms with Crippen molar-refractivity contribution in [3.8, 4) is 5.75 Å². The van der Waals surface area contributed by atoms with Crippen LogP contribution >= 0.6 is 27.3 Å². The van der Waals surface area contributed by atoms with E-state index in [9.17, 15) is 0 Å². The third kappa shape index (κ3) is 4.32. The van der Waals surface area contributed by atoms with Crippen LogP contribution in [-0.2, 0) is 12.8 Å². The molecule has 1 aromatic carbocycles. The van der Waals surface area contributed by atoms with Gasteiger partial charge in [0.1, 0.15) is 5.75 Å². The Kier molecular flexibility index (Phi) is 5.40. The number of halogens is 1. The summed E-state index contributed by atoms with van der Waals surface area (Å²) in [6.45, 7) is 2.05. The van der Waals surface area contributed by atoms with E-state index < -0.39 is 0 Å². The average Bonchev–Trinajstić information content (AvgIpc) is 2.83. The molecule has 0 fully saturated rings. The maximum absolute atomic E-state index is 5.27. The van der Waals surface area contributed by atoms with Crippen LogP contribution in [0, 0.1) is 12.8 Å². The second-order valence-electron chi connectivity index (χ2n) is 4.63. The summed E-state index contributed by atoms with van der Waals surface area (Å²) in [6.07, 6.45) is 4.13. The van der Waals surface area contributed by atoms with Crippen molar-refractivity contribution in [2.75, 3.05) is 12.4 Å². The molecule has 0 aliphatic carbocycles. The van der Waals surface area contributed by atoms with Crippen molar-refractivity contribution < 1.29 is 4.74 Å². The van der Waals surface area contributed by atoms with Gasteiger partial charge in [-0.05, 0) is 43.4 Å². The highest BCUT2D eigenvalue weighted by Gasteiger charge is 2.11. The number of aryl methyl sites for hydroxylation is 1. The first-order valence-corrected chi connectivity index (χ1v) is 8.25. The molecule has 1 unspecified atom stereocenters. The number of methoxy groups -OCH3 is 1. The fraction of sp³-hybridized carbons (Fsp3) is 0.400. The summed E-state index contributed by atoms with van der Waals surface area (Å²) in [5.74, 6) is 1.52. The lowest BCUT2D eigenvalue weighted by Crippen LogP contribution is -2.09. The molecule has 1 aromatic heterocycles. The fourth-order valence-corrected chi connectivity index (χ4v) is 3.47. The van der Waals surface area contributed by atoms with E-state index in [1.165, 1.54) is 10.4 Å². The van der Waals surface area contributed by atoms with E-state index in [1.807, 2.05) is 12.3 Å². The lowest BCUT2D eigenvalue weighted by atomic mass is 9.97. The number of thiazole rings is 1. The van der Waals surface area contributed by atoms with Gasteiger partial charge in [0.25, 0.3) is 0 Å². The molecule has 0 amide bonds. The van der Waals surface area contributed by atoms with Crippen molar-refractivity contribution in [2.45, 2.75) is 19.8 Å². The molecule has 4 heteroatoms. The van der Waals surface area contributed by atoms with Crippen LogP contribution in [0.5, 0.6) is 5.75 Å². The molecule has 0 saturated carbocycles. The van der Waals surface area contributed by atoms with Gasteiger partial charge in [0.05, 0.1) is 12.1 Å². The predicted molar refractivity (Wildman–Crippen MR) is 84.5 cm³/mol. The lowest BCUT2D eigenvalue weighted by molar-refractivity contribution is 0.414. The Balaban J connectivity index is 2.01. The first kappa shape index (κ1) is 14.5. The Morgan fingerprint density at radius 1 is 1.37 bits per heavy atom. The van der Waals surface area contributed by atoms with Gasteiger partial charge in [-0.3, -0.25) is 0 Å². The molecule has 2 nitrogen and oxygen atoms in total. The number of nitrogens with zero attached hydrogens (tertiary/aromatic N) is 1. The van der Waals surface area contributed by atoms with Gasteiger partial charge in [0.2, 0.25) is 0 Å². The first-order valence-electron chi connectivity index (χ1n) is 6.31. The molecule has 2 aromatic rings. The molecule has 1 heterocycles. The quantitative estimate of drug-likeness (QED) is 0.733. The number of benzene rings is 1. The molecule has 0 aliphatic rings. The molecule has 102 valence electrons. The zero-order chi connectivity index (χ0) is 13.7. The van der Waals surface area contributed by atoms with Crippen LogP contribution in [0.1, 0.15) is 15.4 Å². The standard InChI is InChI=1S/C15H18BrNOS/c1-11-17-10-15(19-11)8-13(9-16)6-12-4-3-5-14(7-12)18-2/h3-5,7,10,13H,6,8-9H2,1-2H3. The molecule has 2 rings (SSSR count). The minimum Gasteiger partial charge on any atom is -0.497 e. The number of aromatic nitrogens is 1. The summed E-state index contributed by atoms with van der Waals surface area (Å²) in [7, 11) is 1.71. The van der Waals surface area contributed by atoms with Crippen molar-refractivity contribution >= 4 is 27.3 Å². The third-order valence-electron chi connectivity index (χ3n) is 3.04. The summed E-state index contributed by atoms with van der Waals surface area (Å²) < 4.78 is 5.27. The van der Waals surface area contributed by atoms with Crippen molar-refractivity contribution in [2.24, 2.45) is 5.92 Å². The maximum atomic E-state index is 5.27. The molecular weight excluding hydrogens is 322 g/mol. The van der Waals surface area contributed by atoms with Crippen LogP contribution in [0.3, 0.4) is 0 Å². The average molecular weight is 340 g/mol. The highest BCUT2D eigenvalue weighted by molar-refractivity contribution is 9.09. The van der Waals surface area contributed by atoms with E-state index in [-0.39, 0.29) is 0 Å². The lowest BCUT2D eigenvalue weighted by Gasteiger charge is -2.13. The summed E-state index contributed by atoms with van der Waals surface area (Å²) in [5, 5.41) is 2.14. The Hall–Kier alpha value is -0.870. The molecule has 0 saturated heterocycles. The van der Waals surface area contributed by atoms with Gasteiger partial charge in [-0.15, -0.1) is 11.3 Å². The van der Waals surface area contributed by atoms with Gasteiger partial charge in [-0.1, -0.05) is 28.1 Å². The number of hydrogen-bond acceptors (Lipinski definition) is 3. The van der Waals surface area contributed by atoms with Crippen molar-refractivity contribution in [1.29, 1.82) is 0 Å². The van der Waals surface area contributed by atoms with Crippen molar-refractivity contribution in [1.82, 2.24) is 4.98 Å². The van der Waals surface area contributed by atoms with E-state index in [0.717, 1.165) is 28.9 Å². The summed E-state index contributed by atoms with van der Waals surface area (Å²) in [5.41, 5.74) is 1.32. The highest BCUT2D eigenvalue weighted by Crippen LogP contribution is 2.22. The minimum absolute atomic E-state index is 0.590. The molecule has 0 spiro atoms. The zero-order valence-corrected chi connectivity index (χ0v) is 13.6. The van der Waals surface area contributed by atoms with Gasteiger partial charge in [-0.25, -0.2) is 4.98 Å². The SMILES string of the molecule is COc1cccc(CC(CBr)Cc2cnc(C)s2)c1. The highest BCUT2D eigenvalue weighted by atomic mass is 79.9. The summed E-state index contributed by atoms with van der Waals surface area (Å²) >= 11 is 5.42. The molecular formula is C15H18BrNOS. The van der Waals surface area contributed by atoms with E-state index in [4.69, 9.17) is 4.74 Å². The van der Waals surface area contributed by atoms with E-state index in [2.05, 4.69) is 46.0 Å². The summed E-state index contributed by atoms with van der Waals surface area (Å²) in [4.78, 5) is 5.69. The first-order chi connectivity index (χ1) is 9.21. The molecule has 19 heavy (non-hydrogen) atoms. The Labute approximate surface area is 127 Å². The van der Waals surface area contributed by atoms with E-state index >= 15 is 0 Å². The number of alkyl halides is 1. The molecule has 0 bridgehead atoms. The maximum Gasteiger partial charge on any atom is 0.119 e. The van der Waals surface area contributed by atoms with Crippen LogP contribution in [0.15, 0.2) is 30.5 Å². The third-order valence-corrected chi connectivity index (χ3v) is 4.89. The van der Waals surface area contributed by atoms with E-state index in [0.29, 0.717) is 5.92 Å². The zero-order valence-electron chi connectivity index (χ0n) is 11.2. The monoisotopic (exact) mass is 339 g/mol. The largest absolute Gasteiger partial charge is 0.497 e. The van der Waals surface area contributed by atoms with Crippen LogP contribution in [-0.4, -0.2) is 17.4 Å². The Bertz CT molecular complexity index is 526. The molecule has 0 N–H and O–H groups in total. The normalized spacial score (nSPS) is 12.4. The predicted octanol–water partition coefficient (Wildman–Crippen LogP) is 4.26. The Morgan fingerprint density at radius 2 is 2.21 bits per heavy atom. The topological polar surface area (TPSA) is 22.1 Å². The summed E-state index contributed by atoms with van der Waals surface area (Å²) in [6, 6.07) is 8.32. The van der Waals surface area contributed by atoms with Crippen molar-refractivity contribution in [3.63, 3.8) is 0 Å². The number of hydrogen-bond donors (Lipinski definition) is 0. The molecule has 0 radical (unpaired) electrons. The fourth-order valence-electron chi connectivity index (χ4n) is 2.10. The van der Waals surface area contributed by atoms with Gasteiger partial charge in [0.15, 0.2) is 0 Å². The van der Waals surface area contributed by atoms with Crippen LogP contribution in [0.2, 0.25) is 0 Å². The van der Waals surface area contributed by atoms with Crippen LogP contribution in [0.4, 0.5) is 0 Å². The second-order valence-corrected chi connectivity index (χ2v) is 6.59. The van der Waals surface area contributed by atoms with Gasteiger partial charge in [-0.2, -0.15) is 0 Å². The number of ether oxygens (including phenoxy) is 1. The van der Waals surface area contributed by atoms with Crippen LogP contribution in [0.25, 0.3) is 0 Å². The molecule has 1 atom stereocenters. The smallest absolute Gasteiger partial charge is 0.119 e. The van der Waals surface area contributed by atoms with Gasteiger partial charge in [0, 0.05) is 16.4 Å². The molecule has 0 aliphatic heterocycles. The van der Waals surface area contributed by atoms with Gasteiger partial charge >= 0.3 is 0 Å². The minimum atomic E-state index is 0.590. The number of rotatable bonds is 6. The van der Waals surface area contributed by atoms with Crippen molar-refractivity contribution in [3.05, 3.63) is 45.9 Å². The van der Waals surface area contributed by atoms with Crippen LogP contribution < -0.4 is 4.74 Å². The van der Waals surface area contributed by atoms with Gasteiger partial charge < -0.3 is 4.74 Å². The second kappa shape index (κ2) is 7.06.